The maximum atomic E-state index is 9.27. The first-order valence-electron chi connectivity index (χ1n) is 6.06. The largest absolute Gasteiger partial charge is 0.414 e. The molecule has 0 amide bonds. The molecule has 15 heavy (non-hydrogen) atoms. The molecular weight excluding hydrogens is 204 g/mol. The summed E-state index contributed by atoms with van der Waals surface area (Å²) < 4.78 is 6.35. The predicted molar refractivity (Wildman–Crippen MR) is 66.5 cm³/mol. The van der Waals surface area contributed by atoms with E-state index in [1.54, 1.807) is 0 Å². The normalized spacial score (nSPS) is 28.4. The second-order valence-electron chi connectivity index (χ2n) is 6.29. The molecule has 0 bridgehead atoms. The molecule has 0 radical (unpaired) electrons. The van der Waals surface area contributed by atoms with Crippen LogP contribution in [-0.2, 0) is 4.43 Å². The minimum Gasteiger partial charge on any atom is -0.414 e. The van der Waals surface area contributed by atoms with Gasteiger partial charge in [-0.15, -0.1) is 0 Å². The topological polar surface area (TPSA) is 29.5 Å². The fourth-order valence-corrected chi connectivity index (χ4v) is 3.34. The van der Waals surface area contributed by atoms with Crippen molar-refractivity contribution in [1.82, 2.24) is 0 Å². The average molecular weight is 230 g/mol. The summed E-state index contributed by atoms with van der Waals surface area (Å²) in [5.41, 5.74) is 0. The van der Waals surface area contributed by atoms with Crippen LogP contribution >= 0.6 is 0 Å². The predicted octanol–water partition coefficient (Wildman–Crippen LogP) is 3.17. The lowest BCUT2D eigenvalue weighted by molar-refractivity contribution is 0.0981. The van der Waals surface area contributed by atoms with Crippen molar-refractivity contribution in [2.45, 2.75) is 64.3 Å². The third-order valence-electron chi connectivity index (χ3n) is 4.08. The fourth-order valence-electron chi connectivity index (χ4n) is 1.92. The lowest BCUT2D eigenvalue weighted by Gasteiger charge is -2.39. The monoisotopic (exact) mass is 230 g/mol. The molecule has 1 aliphatic rings. The van der Waals surface area contributed by atoms with E-state index in [0.29, 0.717) is 18.6 Å². The van der Waals surface area contributed by atoms with E-state index in [1.165, 1.54) is 6.42 Å². The Morgan fingerprint density at radius 1 is 1.27 bits per heavy atom. The van der Waals surface area contributed by atoms with Gasteiger partial charge in [-0.2, -0.15) is 0 Å². The quantitative estimate of drug-likeness (QED) is 0.755. The smallest absolute Gasteiger partial charge is 0.192 e. The number of aliphatic hydroxyl groups excluding tert-OH is 1. The minimum atomic E-state index is -1.64. The Hall–Kier alpha value is 0.137. The molecular formula is C12H26O2Si. The van der Waals surface area contributed by atoms with Gasteiger partial charge >= 0.3 is 0 Å². The summed E-state index contributed by atoms with van der Waals surface area (Å²) in [6, 6.07) is 0. The number of rotatable bonds is 3. The van der Waals surface area contributed by atoms with Gasteiger partial charge in [-0.3, -0.25) is 0 Å². The molecule has 1 fully saturated rings. The molecule has 3 heteroatoms. The van der Waals surface area contributed by atoms with E-state index in [4.69, 9.17) is 4.43 Å². The van der Waals surface area contributed by atoms with Crippen molar-refractivity contribution < 1.29 is 9.53 Å². The van der Waals surface area contributed by atoms with Crippen LogP contribution in [0.3, 0.4) is 0 Å². The number of aliphatic hydroxyl groups is 1. The first-order chi connectivity index (χ1) is 6.78. The summed E-state index contributed by atoms with van der Waals surface area (Å²) in [7, 11) is -1.64. The van der Waals surface area contributed by atoms with Crippen molar-refractivity contribution in [3.05, 3.63) is 0 Å². The summed E-state index contributed by atoms with van der Waals surface area (Å²) in [6.45, 7) is 11.7. The maximum Gasteiger partial charge on any atom is 0.192 e. The van der Waals surface area contributed by atoms with Gasteiger partial charge in [-0.05, 0) is 31.0 Å². The van der Waals surface area contributed by atoms with Crippen LogP contribution in [0.25, 0.3) is 0 Å². The van der Waals surface area contributed by atoms with Gasteiger partial charge in [0.15, 0.2) is 8.32 Å². The molecule has 0 spiro atoms. The molecule has 1 saturated carbocycles. The molecule has 0 aromatic heterocycles. The summed E-state index contributed by atoms with van der Waals surface area (Å²) >= 11 is 0. The molecule has 1 unspecified atom stereocenters. The van der Waals surface area contributed by atoms with E-state index in [0.717, 1.165) is 12.8 Å². The van der Waals surface area contributed by atoms with Crippen LogP contribution in [0.4, 0.5) is 0 Å². The Morgan fingerprint density at radius 2 is 1.87 bits per heavy atom. The lowest BCUT2D eigenvalue weighted by atomic mass is 10.1. The van der Waals surface area contributed by atoms with Crippen LogP contribution in [0.15, 0.2) is 0 Å². The Labute approximate surface area is 95.2 Å². The second-order valence-corrected chi connectivity index (χ2v) is 11.0. The molecule has 0 aromatic carbocycles. The zero-order chi connectivity index (χ0) is 11.7. The third kappa shape index (κ3) is 3.05. The molecule has 1 rings (SSSR count). The van der Waals surface area contributed by atoms with Crippen LogP contribution in [0.2, 0.25) is 18.1 Å². The zero-order valence-corrected chi connectivity index (χ0v) is 11.8. The van der Waals surface area contributed by atoms with Gasteiger partial charge in [0.2, 0.25) is 0 Å². The van der Waals surface area contributed by atoms with Gasteiger partial charge < -0.3 is 9.53 Å². The van der Waals surface area contributed by atoms with Crippen LogP contribution in [0.5, 0.6) is 0 Å². The summed E-state index contributed by atoms with van der Waals surface area (Å²) in [5.74, 6) is 0.388. The average Bonchev–Trinajstić information content (AvgIpc) is 2.48. The molecule has 0 aliphatic heterocycles. The van der Waals surface area contributed by atoms with Gasteiger partial charge in [0.05, 0.1) is 6.10 Å². The molecule has 1 N–H and O–H groups in total. The molecule has 0 heterocycles. The van der Waals surface area contributed by atoms with Crippen LogP contribution in [0.1, 0.15) is 40.0 Å². The van der Waals surface area contributed by atoms with Gasteiger partial charge in [0.1, 0.15) is 0 Å². The maximum absolute atomic E-state index is 9.27. The van der Waals surface area contributed by atoms with Gasteiger partial charge in [-0.1, -0.05) is 27.2 Å². The van der Waals surface area contributed by atoms with Crippen LogP contribution in [0, 0.1) is 5.92 Å². The van der Waals surface area contributed by atoms with Crippen molar-refractivity contribution in [3.63, 3.8) is 0 Å². The van der Waals surface area contributed by atoms with Crippen molar-refractivity contribution in [3.8, 4) is 0 Å². The Balaban J connectivity index is 2.60. The van der Waals surface area contributed by atoms with Gasteiger partial charge in [0.25, 0.3) is 0 Å². The van der Waals surface area contributed by atoms with Gasteiger partial charge in [-0.25, -0.2) is 0 Å². The zero-order valence-electron chi connectivity index (χ0n) is 10.8. The minimum absolute atomic E-state index is 0.273. The fraction of sp³-hybridized carbons (Fsp3) is 1.00. The summed E-state index contributed by atoms with van der Waals surface area (Å²) in [4.78, 5) is 0. The highest BCUT2D eigenvalue weighted by atomic mass is 28.4. The van der Waals surface area contributed by atoms with E-state index < -0.39 is 8.32 Å². The van der Waals surface area contributed by atoms with Crippen LogP contribution < -0.4 is 0 Å². The molecule has 0 aromatic rings. The van der Waals surface area contributed by atoms with E-state index >= 15 is 0 Å². The van der Waals surface area contributed by atoms with Gasteiger partial charge in [0, 0.05) is 12.5 Å². The number of hydrogen-bond acceptors (Lipinski definition) is 2. The molecule has 1 aliphatic carbocycles. The molecule has 0 saturated heterocycles. The third-order valence-corrected chi connectivity index (χ3v) is 8.58. The summed E-state index contributed by atoms with van der Waals surface area (Å²) in [5, 5.41) is 9.54. The highest BCUT2D eigenvalue weighted by Gasteiger charge is 2.41. The Kier molecular flexibility index (Phi) is 4.01. The van der Waals surface area contributed by atoms with Crippen molar-refractivity contribution in [2.24, 2.45) is 5.92 Å². The van der Waals surface area contributed by atoms with E-state index in [1.807, 2.05) is 0 Å². The molecule has 2 atom stereocenters. The lowest BCUT2D eigenvalue weighted by Crippen LogP contribution is -2.45. The first kappa shape index (κ1) is 13.2. The second kappa shape index (κ2) is 4.56. The van der Waals surface area contributed by atoms with E-state index in [2.05, 4.69) is 33.9 Å². The Morgan fingerprint density at radius 3 is 2.33 bits per heavy atom. The standard InChI is InChI=1S/C12H26O2Si/c1-12(2,3)15(4,5)14-11-8-6-7-10(11)9-13/h10-11,13H,6-9H2,1-5H3/t10-,11?/m1/s1. The van der Waals surface area contributed by atoms with Crippen molar-refractivity contribution in [1.29, 1.82) is 0 Å². The molecule has 90 valence electrons. The highest BCUT2D eigenvalue weighted by molar-refractivity contribution is 6.74. The van der Waals surface area contributed by atoms with Crippen molar-refractivity contribution in [2.75, 3.05) is 6.61 Å². The first-order valence-corrected chi connectivity index (χ1v) is 8.97. The van der Waals surface area contributed by atoms with E-state index in [-0.39, 0.29) is 5.04 Å². The van der Waals surface area contributed by atoms with Crippen LogP contribution in [-0.4, -0.2) is 26.1 Å². The Bertz CT molecular complexity index is 208. The SMILES string of the molecule is CC(C)(C)[Si](C)(C)OC1CCC[C@@H]1CO. The highest BCUT2D eigenvalue weighted by Crippen LogP contribution is 2.40. The number of hydrogen-bond donors (Lipinski definition) is 1. The summed E-state index contributed by atoms with van der Waals surface area (Å²) in [6.07, 6.45) is 3.80. The van der Waals surface area contributed by atoms with E-state index in [9.17, 15) is 5.11 Å². The molecule has 2 nitrogen and oxygen atoms in total. The van der Waals surface area contributed by atoms with Crippen molar-refractivity contribution >= 4 is 8.32 Å².